The van der Waals surface area contributed by atoms with Gasteiger partial charge in [0, 0.05) is 19.6 Å². The molecule has 1 aliphatic heterocycles. The quantitative estimate of drug-likeness (QED) is 0.426. The second-order valence-electron chi connectivity index (χ2n) is 7.04. The zero-order chi connectivity index (χ0) is 16.8. The monoisotopic (exact) mass is 448 g/mol. The fraction of sp³-hybridized carbons (Fsp3) is 0.722. The second kappa shape index (κ2) is 10.3. The molecule has 0 radical (unpaired) electrons. The molecule has 1 N–H and O–H groups in total. The van der Waals surface area contributed by atoms with E-state index in [1.165, 1.54) is 6.42 Å². The Morgan fingerprint density at radius 2 is 2.04 bits per heavy atom. The van der Waals surface area contributed by atoms with Crippen LogP contribution in [-0.4, -0.2) is 56.0 Å². The molecule has 2 heterocycles. The normalized spacial score (nSPS) is 23.1. The van der Waals surface area contributed by atoms with Crippen molar-refractivity contribution in [2.45, 2.75) is 33.2 Å². The molecule has 2 rings (SSSR count). The van der Waals surface area contributed by atoms with Gasteiger partial charge in [-0.3, -0.25) is 9.89 Å². The minimum absolute atomic E-state index is 0. The number of hydrogen-bond acceptors (Lipinski definition) is 3. The van der Waals surface area contributed by atoms with Gasteiger partial charge in [-0.2, -0.15) is 0 Å². The summed E-state index contributed by atoms with van der Waals surface area (Å²) in [4.78, 5) is 9.49. The molecule has 0 aromatic carbocycles. The van der Waals surface area contributed by atoms with E-state index in [0.29, 0.717) is 6.54 Å². The number of rotatable bonds is 5. The molecular formula is C18H33IN4O. The van der Waals surface area contributed by atoms with Crippen LogP contribution in [-0.2, 0) is 0 Å². The number of likely N-dealkylation sites (N-methyl/N-ethyl adjacent to an activating group) is 1. The summed E-state index contributed by atoms with van der Waals surface area (Å²) in [5.74, 6) is 3.44. The van der Waals surface area contributed by atoms with E-state index in [0.717, 1.165) is 43.2 Å². The zero-order valence-electron chi connectivity index (χ0n) is 15.7. The SMILES string of the molecule is CCNC(=NCC(c1ccco1)N(C)C)N1CC(C)CC(C)C1.I. The summed E-state index contributed by atoms with van der Waals surface area (Å²) >= 11 is 0. The first-order valence-electron chi connectivity index (χ1n) is 8.74. The van der Waals surface area contributed by atoms with Gasteiger partial charge in [0.1, 0.15) is 5.76 Å². The van der Waals surface area contributed by atoms with Gasteiger partial charge in [-0.25, -0.2) is 0 Å². The number of halogens is 1. The molecule has 0 bridgehead atoms. The van der Waals surface area contributed by atoms with Crippen molar-refractivity contribution in [3.63, 3.8) is 0 Å². The van der Waals surface area contributed by atoms with Crippen LogP contribution in [0.15, 0.2) is 27.8 Å². The number of furan rings is 1. The van der Waals surface area contributed by atoms with Crippen LogP contribution in [0.25, 0.3) is 0 Å². The first kappa shape index (κ1) is 21.3. The molecule has 1 aromatic rings. The highest BCUT2D eigenvalue weighted by atomic mass is 127. The first-order valence-corrected chi connectivity index (χ1v) is 8.74. The summed E-state index contributed by atoms with van der Waals surface area (Å²) in [6.45, 7) is 10.6. The molecule has 0 saturated carbocycles. The lowest BCUT2D eigenvalue weighted by molar-refractivity contribution is 0.207. The highest BCUT2D eigenvalue weighted by Gasteiger charge is 2.24. The van der Waals surface area contributed by atoms with Crippen LogP contribution in [0.4, 0.5) is 0 Å². The Hall–Kier alpha value is -0.760. The van der Waals surface area contributed by atoms with Gasteiger partial charge in [0.05, 0.1) is 18.8 Å². The Morgan fingerprint density at radius 3 is 2.54 bits per heavy atom. The molecule has 0 spiro atoms. The van der Waals surface area contributed by atoms with Gasteiger partial charge >= 0.3 is 0 Å². The third-order valence-corrected chi connectivity index (χ3v) is 4.41. The van der Waals surface area contributed by atoms with Crippen LogP contribution in [0.5, 0.6) is 0 Å². The molecule has 0 amide bonds. The van der Waals surface area contributed by atoms with Crippen LogP contribution in [0, 0.1) is 11.8 Å². The van der Waals surface area contributed by atoms with Crippen molar-refractivity contribution in [3.05, 3.63) is 24.2 Å². The maximum Gasteiger partial charge on any atom is 0.194 e. The minimum Gasteiger partial charge on any atom is -0.468 e. The molecule has 3 atom stereocenters. The van der Waals surface area contributed by atoms with Gasteiger partial charge in [-0.05, 0) is 51.4 Å². The number of nitrogens with zero attached hydrogens (tertiary/aromatic N) is 3. The lowest BCUT2D eigenvalue weighted by Gasteiger charge is -2.37. The fourth-order valence-electron chi connectivity index (χ4n) is 3.42. The Morgan fingerprint density at radius 1 is 1.38 bits per heavy atom. The van der Waals surface area contributed by atoms with Gasteiger partial charge in [0.15, 0.2) is 5.96 Å². The highest BCUT2D eigenvalue weighted by molar-refractivity contribution is 14.0. The third-order valence-electron chi connectivity index (χ3n) is 4.41. The number of nitrogens with one attached hydrogen (secondary N) is 1. The molecule has 5 nitrogen and oxygen atoms in total. The predicted molar refractivity (Wildman–Crippen MR) is 111 cm³/mol. The van der Waals surface area contributed by atoms with Gasteiger partial charge in [-0.15, -0.1) is 24.0 Å². The van der Waals surface area contributed by atoms with Gasteiger partial charge < -0.3 is 14.6 Å². The number of piperidine rings is 1. The average Bonchev–Trinajstić information content (AvgIpc) is 2.99. The van der Waals surface area contributed by atoms with E-state index in [2.05, 4.69) is 50.0 Å². The standard InChI is InChI=1S/C18H32N4O.HI/c1-6-19-18(22-12-14(2)10-15(3)13-22)20-11-16(21(4)5)17-8-7-9-23-17;/h7-9,14-16H,6,10-13H2,1-5H3,(H,19,20);1H. The summed E-state index contributed by atoms with van der Waals surface area (Å²) in [6, 6.07) is 4.13. The summed E-state index contributed by atoms with van der Waals surface area (Å²) < 4.78 is 5.58. The third kappa shape index (κ3) is 5.95. The van der Waals surface area contributed by atoms with E-state index in [1.54, 1.807) is 6.26 Å². The largest absolute Gasteiger partial charge is 0.468 e. The number of likely N-dealkylation sites (tertiary alicyclic amines) is 1. The predicted octanol–water partition coefficient (Wildman–Crippen LogP) is 3.44. The molecule has 138 valence electrons. The Labute approximate surface area is 163 Å². The van der Waals surface area contributed by atoms with Crippen LogP contribution in [0.3, 0.4) is 0 Å². The lowest BCUT2D eigenvalue weighted by atomic mass is 9.92. The zero-order valence-corrected chi connectivity index (χ0v) is 18.0. The first-order chi connectivity index (χ1) is 11.0. The fourth-order valence-corrected chi connectivity index (χ4v) is 3.42. The van der Waals surface area contributed by atoms with Crippen molar-refractivity contribution in [2.75, 3.05) is 40.3 Å². The summed E-state index contributed by atoms with van der Waals surface area (Å²) in [5, 5.41) is 3.46. The molecular weight excluding hydrogens is 415 g/mol. The van der Waals surface area contributed by atoms with E-state index in [9.17, 15) is 0 Å². The van der Waals surface area contributed by atoms with Crippen LogP contribution >= 0.6 is 24.0 Å². The second-order valence-corrected chi connectivity index (χ2v) is 7.04. The molecule has 1 aromatic heterocycles. The summed E-state index contributed by atoms with van der Waals surface area (Å²) in [5.41, 5.74) is 0. The van der Waals surface area contributed by atoms with Gasteiger partial charge in [0.2, 0.25) is 0 Å². The van der Waals surface area contributed by atoms with Crippen LogP contribution in [0.2, 0.25) is 0 Å². The summed E-state index contributed by atoms with van der Waals surface area (Å²) in [6.07, 6.45) is 3.04. The van der Waals surface area contributed by atoms with E-state index >= 15 is 0 Å². The van der Waals surface area contributed by atoms with E-state index in [-0.39, 0.29) is 30.0 Å². The lowest BCUT2D eigenvalue weighted by Crippen LogP contribution is -2.48. The van der Waals surface area contributed by atoms with E-state index in [4.69, 9.17) is 9.41 Å². The van der Waals surface area contributed by atoms with Crippen molar-refractivity contribution in [2.24, 2.45) is 16.8 Å². The number of hydrogen-bond donors (Lipinski definition) is 1. The summed E-state index contributed by atoms with van der Waals surface area (Å²) in [7, 11) is 4.14. The number of guanidine groups is 1. The molecule has 1 aliphatic rings. The average molecular weight is 448 g/mol. The van der Waals surface area contributed by atoms with E-state index < -0.39 is 0 Å². The number of aliphatic imine (C=N–C) groups is 1. The Balaban J connectivity index is 0.00000288. The van der Waals surface area contributed by atoms with Crippen molar-refractivity contribution >= 4 is 29.9 Å². The maximum atomic E-state index is 5.58. The molecule has 1 saturated heterocycles. The molecule has 3 unspecified atom stereocenters. The van der Waals surface area contributed by atoms with Gasteiger partial charge in [-0.1, -0.05) is 13.8 Å². The van der Waals surface area contributed by atoms with Gasteiger partial charge in [0.25, 0.3) is 0 Å². The smallest absolute Gasteiger partial charge is 0.194 e. The van der Waals surface area contributed by atoms with Crippen molar-refractivity contribution in [1.29, 1.82) is 0 Å². The molecule has 0 aliphatic carbocycles. The van der Waals surface area contributed by atoms with E-state index in [1.807, 2.05) is 12.1 Å². The molecule has 6 heteroatoms. The van der Waals surface area contributed by atoms with Crippen molar-refractivity contribution < 1.29 is 4.42 Å². The topological polar surface area (TPSA) is 44.0 Å². The van der Waals surface area contributed by atoms with Crippen molar-refractivity contribution in [1.82, 2.24) is 15.1 Å². The highest BCUT2D eigenvalue weighted by Crippen LogP contribution is 2.22. The Kier molecular flexibility index (Phi) is 9.12. The molecule has 1 fully saturated rings. The molecule has 24 heavy (non-hydrogen) atoms. The van der Waals surface area contributed by atoms with Crippen LogP contribution in [0.1, 0.15) is 39.0 Å². The van der Waals surface area contributed by atoms with Crippen LogP contribution < -0.4 is 5.32 Å². The Bertz CT molecular complexity index is 479. The minimum atomic E-state index is 0. The van der Waals surface area contributed by atoms with Crippen molar-refractivity contribution in [3.8, 4) is 0 Å². The maximum absolute atomic E-state index is 5.58.